The standard InChI is InChI=1S/C27H38FN5O3S/c1-19(21-11-7-8-12-22(21)28)29-25-31-37(34,35)23(27(5,6)36-25)18-20-10-9-13-24(30-20)32-14-16-33(17-15-32)26(2,3)4/h7-13,19,23H,14-18H2,1-6H3,(H,29,31)/t19-,23?/m0/s1. The van der Waals surface area contributed by atoms with Crippen molar-refractivity contribution in [2.75, 3.05) is 31.1 Å². The van der Waals surface area contributed by atoms with Crippen LogP contribution in [0.3, 0.4) is 0 Å². The van der Waals surface area contributed by atoms with Gasteiger partial charge in [0.2, 0.25) is 0 Å². The maximum absolute atomic E-state index is 14.2. The summed E-state index contributed by atoms with van der Waals surface area (Å²) >= 11 is 0. The van der Waals surface area contributed by atoms with Crippen LogP contribution in [0.4, 0.5) is 10.2 Å². The molecule has 8 nitrogen and oxygen atoms in total. The Hall–Kier alpha value is -2.72. The third-order valence-electron chi connectivity index (χ3n) is 7.16. The minimum atomic E-state index is -3.93. The molecule has 0 radical (unpaired) electrons. The Morgan fingerprint density at radius 1 is 1.11 bits per heavy atom. The number of pyridine rings is 1. The highest BCUT2D eigenvalue weighted by molar-refractivity contribution is 7.91. The molecule has 3 heterocycles. The van der Waals surface area contributed by atoms with Gasteiger partial charge in [-0.25, -0.2) is 17.8 Å². The summed E-state index contributed by atoms with van der Waals surface area (Å²) in [6, 6.07) is 11.4. The summed E-state index contributed by atoms with van der Waals surface area (Å²) in [6.07, 6.45) is 0.171. The Balaban J connectivity index is 1.48. The number of nitrogens with zero attached hydrogens (tertiary/aromatic N) is 4. The van der Waals surface area contributed by atoms with Crippen LogP contribution >= 0.6 is 0 Å². The normalized spacial score (nSPS) is 22.6. The van der Waals surface area contributed by atoms with Crippen LogP contribution in [-0.2, 0) is 21.2 Å². The Bertz CT molecular complexity index is 1250. The lowest BCUT2D eigenvalue weighted by Crippen LogP contribution is -2.53. The van der Waals surface area contributed by atoms with E-state index in [0.717, 1.165) is 32.0 Å². The Kier molecular flexibility index (Phi) is 7.54. The van der Waals surface area contributed by atoms with E-state index in [0.29, 0.717) is 11.3 Å². The fourth-order valence-electron chi connectivity index (χ4n) is 4.92. The molecule has 1 aromatic carbocycles. The summed E-state index contributed by atoms with van der Waals surface area (Å²) in [7, 11) is -3.93. The van der Waals surface area contributed by atoms with Crippen LogP contribution in [-0.4, -0.2) is 66.9 Å². The second-order valence-electron chi connectivity index (χ2n) is 11.3. The van der Waals surface area contributed by atoms with E-state index < -0.39 is 26.9 Å². The summed E-state index contributed by atoms with van der Waals surface area (Å²) in [5.74, 6) is 0.465. The average Bonchev–Trinajstić information content (AvgIpc) is 2.81. The molecule has 0 aliphatic carbocycles. The SMILES string of the molecule is C[C@H](NC1=NS(=O)(=O)C(Cc2cccc(N3CCN(C(C)(C)C)CC3)n2)C(C)(C)O1)c1ccccc1F. The van der Waals surface area contributed by atoms with Crippen LogP contribution in [0.5, 0.6) is 0 Å². The monoisotopic (exact) mass is 531 g/mol. The first-order valence-corrected chi connectivity index (χ1v) is 14.3. The maximum atomic E-state index is 14.2. The number of halogens is 1. The van der Waals surface area contributed by atoms with Crippen molar-refractivity contribution >= 4 is 21.9 Å². The lowest BCUT2D eigenvalue weighted by molar-refractivity contribution is 0.0766. The highest BCUT2D eigenvalue weighted by Gasteiger charge is 2.46. The van der Waals surface area contributed by atoms with Crippen LogP contribution in [0.25, 0.3) is 0 Å². The molecule has 0 amide bonds. The van der Waals surface area contributed by atoms with Gasteiger partial charge in [-0.15, -0.1) is 4.40 Å². The molecule has 1 fully saturated rings. The number of piperazine rings is 1. The van der Waals surface area contributed by atoms with Gasteiger partial charge in [0.15, 0.2) is 0 Å². The van der Waals surface area contributed by atoms with Crippen molar-refractivity contribution in [3.05, 3.63) is 59.5 Å². The summed E-state index contributed by atoms with van der Waals surface area (Å²) in [4.78, 5) is 9.51. The van der Waals surface area contributed by atoms with E-state index in [1.807, 2.05) is 18.2 Å². The molecule has 202 valence electrons. The third kappa shape index (κ3) is 6.23. The van der Waals surface area contributed by atoms with E-state index in [1.165, 1.54) is 6.07 Å². The second kappa shape index (κ2) is 10.2. The number of anilines is 1. The number of rotatable bonds is 5. The number of sulfonamides is 1. The Labute approximate surface area is 220 Å². The minimum Gasteiger partial charge on any atom is -0.457 e. The fraction of sp³-hybridized carbons (Fsp3) is 0.556. The van der Waals surface area contributed by atoms with Crippen molar-refractivity contribution in [2.45, 2.75) is 70.4 Å². The Morgan fingerprint density at radius 3 is 2.41 bits per heavy atom. The molecular weight excluding hydrogens is 493 g/mol. The summed E-state index contributed by atoms with van der Waals surface area (Å²) < 4.78 is 50.7. The summed E-state index contributed by atoms with van der Waals surface area (Å²) in [5, 5.41) is 2.00. The van der Waals surface area contributed by atoms with Crippen molar-refractivity contribution in [3.8, 4) is 0 Å². The second-order valence-corrected chi connectivity index (χ2v) is 13.1. The van der Waals surface area contributed by atoms with Gasteiger partial charge in [-0.2, -0.15) is 0 Å². The van der Waals surface area contributed by atoms with E-state index in [9.17, 15) is 12.8 Å². The number of benzene rings is 1. The van der Waals surface area contributed by atoms with Gasteiger partial charge in [-0.05, 0) is 59.7 Å². The van der Waals surface area contributed by atoms with Gasteiger partial charge in [-0.3, -0.25) is 4.90 Å². The molecule has 4 rings (SSSR count). The van der Waals surface area contributed by atoms with E-state index in [-0.39, 0.29) is 23.8 Å². The van der Waals surface area contributed by atoms with Crippen molar-refractivity contribution < 1.29 is 17.5 Å². The predicted molar refractivity (Wildman–Crippen MR) is 145 cm³/mol. The van der Waals surface area contributed by atoms with Gasteiger partial charge in [0.1, 0.15) is 22.5 Å². The van der Waals surface area contributed by atoms with E-state index in [1.54, 1.807) is 39.0 Å². The zero-order valence-corrected chi connectivity index (χ0v) is 23.3. The zero-order valence-electron chi connectivity index (χ0n) is 22.5. The lowest BCUT2D eigenvalue weighted by Gasteiger charge is -2.42. The van der Waals surface area contributed by atoms with Crippen LogP contribution in [0.2, 0.25) is 0 Å². The first-order valence-electron chi connectivity index (χ1n) is 12.8. The van der Waals surface area contributed by atoms with Crippen LogP contribution in [0, 0.1) is 5.82 Å². The predicted octanol–water partition coefficient (Wildman–Crippen LogP) is 3.90. The molecule has 2 aliphatic rings. The fourth-order valence-corrected chi connectivity index (χ4v) is 6.52. The number of nitrogens with one attached hydrogen (secondary N) is 1. The average molecular weight is 532 g/mol. The van der Waals surface area contributed by atoms with Gasteiger partial charge >= 0.3 is 6.02 Å². The molecular formula is C27H38FN5O3S. The highest BCUT2D eigenvalue weighted by atomic mass is 32.2. The number of aromatic nitrogens is 1. The maximum Gasteiger partial charge on any atom is 0.301 e. The highest BCUT2D eigenvalue weighted by Crippen LogP contribution is 2.31. The zero-order chi connectivity index (χ0) is 27.0. The smallest absolute Gasteiger partial charge is 0.301 e. The lowest BCUT2D eigenvalue weighted by atomic mass is 10.00. The molecule has 2 aliphatic heterocycles. The molecule has 1 unspecified atom stereocenters. The number of hydrogen-bond donors (Lipinski definition) is 1. The molecule has 0 bridgehead atoms. The van der Waals surface area contributed by atoms with Crippen molar-refractivity contribution in [3.63, 3.8) is 0 Å². The largest absolute Gasteiger partial charge is 0.457 e. The molecule has 0 saturated carbocycles. The van der Waals surface area contributed by atoms with Crippen molar-refractivity contribution in [1.82, 2.24) is 15.2 Å². The molecule has 1 saturated heterocycles. The molecule has 10 heteroatoms. The minimum absolute atomic E-state index is 0.129. The quantitative estimate of drug-likeness (QED) is 0.626. The van der Waals surface area contributed by atoms with E-state index >= 15 is 0 Å². The third-order valence-corrected chi connectivity index (χ3v) is 9.03. The number of hydrogen-bond acceptors (Lipinski definition) is 7. The van der Waals surface area contributed by atoms with Gasteiger partial charge in [0.25, 0.3) is 10.0 Å². The summed E-state index contributed by atoms with van der Waals surface area (Å²) in [5.41, 5.74) is 0.125. The number of amidine groups is 1. The molecule has 37 heavy (non-hydrogen) atoms. The van der Waals surface area contributed by atoms with Crippen LogP contribution in [0.1, 0.15) is 58.8 Å². The molecule has 2 aromatic rings. The van der Waals surface area contributed by atoms with E-state index in [2.05, 4.69) is 40.3 Å². The van der Waals surface area contributed by atoms with Gasteiger partial charge in [0.05, 0.1) is 6.04 Å². The molecule has 2 atom stereocenters. The topological polar surface area (TPSA) is 87.1 Å². The number of ether oxygens (including phenoxy) is 1. The first kappa shape index (κ1) is 27.3. The van der Waals surface area contributed by atoms with Crippen LogP contribution < -0.4 is 10.2 Å². The molecule has 1 aromatic heterocycles. The first-order chi connectivity index (χ1) is 17.3. The Morgan fingerprint density at radius 2 is 1.78 bits per heavy atom. The molecule has 0 spiro atoms. The molecule has 1 N–H and O–H groups in total. The van der Waals surface area contributed by atoms with Crippen molar-refractivity contribution in [2.24, 2.45) is 4.40 Å². The van der Waals surface area contributed by atoms with Gasteiger partial charge in [0, 0.05) is 49.4 Å². The van der Waals surface area contributed by atoms with E-state index in [4.69, 9.17) is 9.72 Å². The van der Waals surface area contributed by atoms with Crippen LogP contribution in [0.15, 0.2) is 46.9 Å². The summed E-state index contributed by atoms with van der Waals surface area (Å²) in [6.45, 7) is 15.5. The van der Waals surface area contributed by atoms with Crippen molar-refractivity contribution in [1.29, 1.82) is 0 Å². The van der Waals surface area contributed by atoms with Gasteiger partial charge in [-0.1, -0.05) is 24.3 Å². The van der Waals surface area contributed by atoms with Gasteiger partial charge < -0.3 is 15.0 Å².